The van der Waals surface area contributed by atoms with Gasteiger partial charge in [0.2, 0.25) is 41.7 Å². The van der Waals surface area contributed by atoms with Crippen LogP contribution in [0.5, 0.6) is 0 Å². The number of nitrogens with one attached hydrogen (secondary N) is 3. The van der Waals surface area contributed by atoms with Crippen LogP contribution in [-0.2, 0) is 32.5 Å². The lowest BCUT2D eigenvalue weighted by molar-refractivity contribution is 0.615. The van der Waals surface area contributed by atoms with Crippen molar-refractivity contribution in [2.75, 3.05) is 46.6 Å². The summed E-state index contributed by atoms with van der Waals surface area (Å²) in [6.45, 7) is 13.5. The fraction of sp³-hybridized carbons (Fsp3) is 0.238. The Morgan fingerprint density at radius 2 is 0.529 bits per heavy atom. The van der Waals surface area contributed by atoms with Crippen molar-refractivity contribution in [3.05, 3.63) is 254 Å². The van der Waals surface area contributed by atoms with E-state index in [-0.39, 0.29) is 108 Å². The highest BCUT2D eigenvalue weighted by molar-refractivity contribution is 6.46. The van der Waals surface area contributed by atoms with E-state index in [9.17, 15) is 0 Å². The van der Waals surface area contributed by atoms with Gasteiger partial charge >= 0.3 is 0 Å². The highest BCUT2D eigenvalue weighted by Gasteiger charge is 2.10. The molecular weight excluding hydrogens is 2140 g/mol. The Morgan fingerprint density at radius 3 is 0.857 bits per heavy atom. The number of rotatable bonds is 18. The van der Waals surface area contributed by atoms with E-state index >= 15 is 0 Å². The molecule has 56 heteroatoms. The maximum atomic E-state index is 5.94. The fourth-order valence-corrected chi connectivity index (χ4v) is 11.4. The molecule has 0 aliphatic heterocycles. The largest absolute Gasteiger partial charge is 0.370 e. The zero-order valence-corrected chi connectivity index (χ0v) is 89.2. The van der Waals surface area contributed by atoms with Gasteiger partial charge in [-0.25, -0.2) is 30.0 Å². The highest BCUT2D eigenvalue weighted by Crippen LogP contribution is 2.31. The number of guanidine groups is 16. The summed E-state index contributed by atoms with van der Waals surface area (Å²) in [4.78, 5) is 66.2. The molecule has 40 nitrogen and oxygen atoms in total. The van der Waals surface area contributed by atoms with Gasteiger partial charge in [-0.2, -0.15) is 30.0 Å². The molecule has 760 valence electrons. The van der Waals surface area contributed by atoms with Crippen LogP contribution in [0.25, 0.3) is 0 Å². The second kappa shape index (κ2) is 67.6. The van der Waals surface area contributed by atoms with Gasteiger partial charge in [0, 0.05) is 65.1 Å². The van der Waals surface area contributed by atoms with E-state index in [1.807, 2.05) is 71.9 Å². The molecule has 140 heavy (non-hydrogen) atoms. The van der Waals surface area contributed by atoms with Crippen LogP contribution in [0.2, 0.25) is 80.4 Å². The van der Waals surface area contributed by atoms with E-state index in [2.05, 4.69) is 95.8 Å². The first kappa shape index (κ1) is 126. The molecule has 0 saturated heterocycles. The SMILES string of the molecule is CC(C)N=C(N)N=C(N)Nc1ccc(Cl)c(Cl)c1.CC(C)N=C(N)NC(N)=NCCc1ccc(Cl)c(Cl)c1.CC(C)N=C(N)NC(N)=NCc1ccc(Cl)c(Cl)c1.CN(C)C(N)=NC(N)=NCc1ccc(Cl)c(Cl)c1.CN(C)C(N)=NC(N)=Nc1ccc(Cl)c(Cl)c1.NC(N)=NC(N)=NCCc1ccc(Cl)c(Cl)c1.NC(N)=NC(N)=NCc1ccc(Cl)c(Cl)c1.NC(N)=NC(N)=Nc1ccc(Cl)c(Cl)c1. The van der Waals surface area contributed by atoms with Gasteiger partial charge in [0.05, 0.1) is 111 Å². The minimum Gasteiger partial charge on any atom is -0.370 e. The van der Waals surface area contributed by atoms with Crippen molar-refractivity contribution >= 4 is 298 Å². The summed E-state index contributed by atoms with van der Waals surface area (Å²) >= 11 is 93.3. The Morgan fingerprint density at radius 1 is 0.257 bits per heavy atom. The molecule has 8 aromatic rings. The fourth-order valence-electron chi connectivity index (χ4n) is 8.92. The molecule has 0 atom stereocenters. The molecule has 8 aromatic carbocycles. The van der Waals surface area contributed by atoms with Gasteiger partial charge < -0.3 is 124 Å². The van der Waals surface area contributed by atoms with Gasteiger partial charge in [0.15, 0.2) is 53.6 Å². The number of halogens is 16. The Bertz CT molecular complexity index is 5860. The van der Waals surface area contributed by atoms with Crippen LogP contribution in [0.3, 0.4) is 0 Å². The van der Waals surface area contributed by atoms with Crippen molar-refractivity contribution in [1.82, 2.24) is 20.4 Å². The molecule has 0 fully saturated rings. The molecule has 0 aromatic heterocycles. The second-order valence-corrected chi connectivity index (χ2v) is 35.1. The van der Waals surface area contributed by atoms with Crippen molar-refractivity contribution in [2.24, 2.45) is 189 Å². The standard InChI is InChI=1S/C13H19Cl2N5.C12H17Cl2N5.2C11H15Cl2N5.2C10H13Cl2N5.C9H11Cl2N5.C8H9Cl2N5/c1-8(2)19-13(17)20-12(16)18-6-5-9-3-4-10(14)11(15)7-9;1-7(2)18-12(16)19-11(15)17-6-8-3-4-9(13)10(14)5-8;1-18(2)11(15)17-10(14)16-6-7-3-4-8(12)9(13)5-7;1-6(2)16-10(14)18-11(15)17-7-3-4-8(12)9(13)5-7;1-17(2)10(14)16-9(13)15-6-3-4-7(11)8(12)5-6;11-7-2-1-6(5-8(7)12)3-4-16-10(15)17-9(13)14;10-6-2-1-5(3-7(6)11)4-15-9(14)16-8(12)13;9-5-2-1-4(3-6(5)10)14-8(13)15-7(11)12/h3-4,7-8H,5-6H2,1-2H3,(H5,16,17,18,19,20);3-5,7H,6H2,1-2H3,(H5,15,16,17,18,19);3-5H,6H2,1-2H3,(H4,14,15,16,17);3-6H,1-2H3,(H5,14,15,16,17,18);3-5H,1-2H3,(H4,13,14,15,16);1-2,5H,3-4H2,(H6,13,14,15,16,17);1-3H,4H2,(H6,12,13,14,15,16);1-3H,(H6,11,12,13,14,15). The van der Waals surface area contributed by atoms with E-state index in [0.29, 0.717) is 149 Å². The molecule has 0 heterocycles. The maximum absolute atomic E-state index is 5.94. The number of nitrogens with zero attached hydrogens (tertiary/aromatic N) is 18. The summed E-state index contributed by atoms with van der Waals surface area (Å²) in [6.07, 6.45) is 1.39. The molecule has 0 amide bonds. The van der Waals surface area contributed by atoms with Crippen LogP contribution in [-0.4, -0.2) is 165 Å². The van der Waals surface area contributed by atoms with Gasteiger partial charge in [-0.1, -0.05) is 216 Å². The van der Waals surface area contributed by atoms with Crippen molar-refractivity contribution in [2.45, 2.75) is 92.1 Å². The van der Waals surface area contributed by atoms with Gasteiger partial charge in [-0.05, 0) is 197 Å². The quantitative estimate of drug-likeness (QED) is 0.0280. The number of hydrogen-bond donors (Lipinski definition) is 22. The van der Waals surface area contributed by atoms with Crippen LogP contribution in [0.4, 0.5) is 17.1 Å². The van der Waals surface area contributed by atoms with E-state index in [0.717, 1.165) is 27.8 Å². The Labute approximate surface area is 892 Å². The predicted molar refractivity (Wildman–Crippen MR) is 600 cm³/mol. The molecule has 0 aliphatic carbocycles. The van der Waals surface area contributed by atoms with Crippen LogP contribution >= 0.6 is 186 Å². The van der Waals surface area contributed by atoms with E-state index in [4.69, 9.17) is 295 Å². The lowest BCUT2D eigenvalue weighted by Gasteiger charge is -2.09. The summed E-state index contributed by atoms with van der Waals surface area (Å²) in [5, 5.41) is 15.9. The van der Waals surface area contributed by atoms with Gasteiger partial charge in [0.25, 0.3) is 0 Å². The van der Waals surface area contributed by atoms with Gasteiger partial charge in [-0.15, -0.1) is 0 Å². The third-order valence-electron chi connectivity index (χ3n) is 15.1. The second-order valence-electron chi connectivity index (χ2n) is 28.6. The molecule has 41 N–H and O–H groups in total. The lowest BCUT2D eigenvalue weighted by Crippen LogP contribution is -2.42. The molecule has 0 saturated carbocycles. The number of nitrogens with two attached hydrogens (primary N) is 19. The molecule has 0 spiro atoms. The third-order valence-corrected chi connectivity index (χ3v) is 21.0. The number of benzene rings is 8. The van der Waals surface area contributed by atoms with Crippen LogP contribution in [0.1, 0.15) is 69.4 Å². The smallest absolute Gasteiger partial charge is 0.223 e. The van der Waals surface area contributed by atoms with Crippen molar-refractivity contribution in [1.29, 1.82) is 0 Å². The zero-order chi connectivity index (χ0) is 106. The summed E-state index contributed by atoms with van der Waals surface area (Å²) in [6, 6.07) is 41.6. The Kier molecular flexibility index (Phi) is 61.0. The third kappa shape index (κ3) is 59.0. The molecule has 0 radical (unpaired) electrons. The molecular formula is C84H112Cl16N40. The highest BCUT2D eigenvalue weighted by atomic mass is 35.5. The molecule has 0 bridgehead atoms. The van der Waals surface area contributed by atoms with Gasteiger partial charge in [0.1, 0.15) is 0 Å². The molecule has 8 rings (SSSR count). The average molecular weight is 2250 g/mol. The Balaban J connectivity index is 0.000000801. The summed E-state index contributed by atoms with van der Waals surface area (Å²) in [5.74, 6) is 1.57. The number of hydrogen-bond acceptors (Lipinski definition) is 10. The van der Waals surface area contributed by atoms with Crippen LogP contribution in [0, 0.1) is 0 Å². The van der Waals surface area contributed by atoms with Crippen molar-refractivity contribution < 1.29 is 0 Å². The first-order valence-electron chi connectivity index (χ1n) is 40.1. The normalized spacial score (nSPS) is 12.3. The maximum Gasteiger partial charge on any atom is 0.223 e. The summed E-state index contributed by atoms with van der Waals surface area (Å²) in [5.41, 5.74) is 110. The van der Waals surface area contributed by atoms with Crippen LogP contribution < -0.4 is 125 Å². The van der Waals surface area contributed by atoms with Crippen molar-refractivity contribution in [3.63, 3.8) is 0 Å². The lowest BCUT2D eigenvalue weighted by atomic mass is 10.1. The molecule has 0 unspecified atom stereocenters. The summed E-state index contributed by atoms with van der Waals surface area (Å²) in [7, 11) is 7.05. The van der Waals surface area contributed by atoms with Crippen LogP contribution in [0.15, 0.2) is 225 Å². The Hall–Kier alpha value is -11.7. The average Bonchev–Trinajstić information content (AvgIpc) is 0.893. The topological polar surface area (TPSA) is 735 Å². The number of anilines is 1. The monoisotopic (exact) mass is 2240 g/mol. The summed E-state index contributed by atoms with van der Waals surface area (Å²) < 4.78 is 0. The zero-order valence-electron chi connectivity index (χ0n) is 77.1. The van der Waals surface area contributed by atoms with Crippen molar-refractivity contribution in [3.8, 4) is 0 Å². The minimum atomic E-state index is -0.156. The van der Waals surface area contributed by atoms with E-state index in [1.165, 1.54) is 0 Å². The first-order chi connectivity index (χ1) is 65.4. The minimum absolute atomic E-state index is 0.0195. The first-order valence-corrected chi connectivity index (χ1v) is 46.2. The van der Waals surface area contributed by atoms with E-state index in [1.54, 1.807) is 153 Å². The van der Waals surface area contributed by atoms with Gasteiger partial charge in [-0.3, -0.25) is 30.6 Å². The van der Waals surface area contributed by atoms with E-state index < -0.39 is 0 Å². The predicted octanol–water partition coefficient (Wildman–Crippen LogP) is 13.6. The molecule has 0 aliphatic rings. The number of aliphatic imine (C=N–C) groups is 16.